The van der Waals surface area contributed by atoms with Crippen LogP contribution in [-0.2, 0) is 11.4 Å². The summed E-state index contributed by atoms with van der Waals surface area (Å²) in [6.45, 7) is 4.46. The van der Waals surface area contributed by atoms with Crippen LogP contribution in [0, 0.1) is 5.41 Å². The van der Waals surface area contributed by atoms with Crippen LogP contribution >= 0.6 is 23.3 Å². The number of carbonyl (C=O) groups is 1. The van der Waals surface area contributed by atoms with Gasteiger partial charge in [0.2, 0.25) is 5.91 Å². The van der Waals surface area contributed by atoms with Crippen molar-refractivity contribution >= 4 is 34.9 Å². The lowest BCUT2D eigenvalue weighted by Gasteiger charge is -2.28. The molecule has 194 valence electrons. The van der Waals surface area contributed by atoms with E-state index in [-0.39, 0.29) is 24.3 Å². The quantitative estimate of drug-likeness (QED) is 0.261. The number of hydrogen-bond donors (Lipinski definition) is 1. The molecule has 9 heteroatoms. The number of aromatic nitrogens is 1. The van der Waals surface area contributed by atoms with Gasteiger partial charge in [-0.25, -0.2) is 13.8 Å². The van der Waals surface area contributed by atoms with Crippen LogP contribution in [0.1, 0.15) is 50.3 Å². The van der Waals surface area contributed by atoms with Crippen LogP contribution < -0.4 is 14.4 Å². The van der Waals surface area contributed by atoms with E-state index in [0.717, 1.165) is 34.8 Å². The Morgan fingerprint density at radius 3 is 2.65 bits per heavy atom. The molecule has 0 radical (unpaired) electrons. The second-order valence-corrected chi connectivity index (χ2v) is 11.5. The minimum absolute atomic E-state index is 0.0510. The molecule has 5 nitrogen and oxygen atoms in total. The molecule has 0 bridgehead atoms. The number of hydrogen-bond acceptors (Lipinski definition) is 6. The lowest BCUT2D eigenvalue weighted by molar-refractivity contribution is -0.125. The van der Waals surface area contributed by atoms with Gasteiger partial charge in [0.25, 0.3) is 5.92 Å². The van der Waals surface area contributed by atoms with Crippen LogP contribution in [0.3, 0.4) is 0 Å². The van der Waals surface area contributed by atoms with Gasteiger partial charge in [-0.3, -0.25) is 9.10 Å². The van der Waals surface area contributed by atoms with Gasteiger partial charge < -0.3 is 10.1 Å². The number of rotatable bonds is 11. The fourth-order valence-corrected chi connectivity index (χ4v) is 5.57. The normalized spacial score (nSPS) is 19.2. The molecule has 1 atom stereocenters. The first-order valence-corrected chi connectivity index (χ1v) is 14.0. The molecule has 0 saturated heterocycles. The number of alkyl halides is 2. The van der Waals surface area contributed by atoms with Crippen molar-refractivity contribution in [3.8, 4) is 5.75 Å². The molecule has 2 aromatic carbocycles. The molecule has 2 aliphatic carbocycles. The molecule has 1 N–H and O–H groups in total. The fourth-order valence-electron chi connectivity index (χ4n) is 4.03. The van der Waals surface area contributed by atoms with E-state index in [1.54, 1.807) is 11.6 Å². The van der Waals surface area contributed by atoms with Crippen molar-refractivity contribution in [3.63, 3.8) is 0 Å². The highest BCUT2D eigenvalue weighted by Crippen LogP contribution is 2.58. The number of benzene rings is 2. The molecule has 1 aromatic heterocycles. The molecule has 2 fully saturated rings. The lowest BCUT2D eigenvalue weighted by Crippen LogP contribution is -2.34. The number of ether oxygens (including phenoxy) is 1. The molecule has 1 heterocycles. The van der Waals surface area contributed by atoms with Gasteiger partial charge >= 0.3 is 0 Å². The number of thiazole rings is 1. The summed E-state index contributed by atoms with van der Waals surface area (Å²) in [5, 5.41) is 4.96. The summed E-state index contributed by atoms with van der Waals surface area (Å²) in [5.41, 5.74) is 4.36. The molecule has 0 aliphatic heterocycles. The number of nitrogens with zero attached hydrogens (tertiary/aromatic N) is 2. The molecule has 2 saturated carbocycles. The van der Waals surface area contributed by atoms with Gasteiger partial charge in [0.15, 0.2) is 0 Å². The summed E-state index contributed by atoms with van der Waals surface area (Å²) >= 11 is 2.97. The molecule has 1 unspecified atom stereocenters. The third-order valence-corrected chi connectivity index (χ3v) is 8.55. The predicted molar refractivity (Wildman–Crippen MR) is 144 cm³/mol. The van der Waals surface area contributed by atoms with Gasteiger partial charge in [-0.1, -0.05) is 37.3 Å². The number of anilines is 1. The smallest absolute Gasteiger partial charge is 0.256 e. The Kier molecular flexibility index (Phi) is 7.27. The van der Waals surface area contributed by atoms with E-state index in [2.05, 4.69) is 10.3 Å². The maximum atomic E-state index is 14.1. The topological polar surface area (TPSA) is 54.5 Å². The molecule has 2 aliphatic rings. The molecule has 1 amide bonds. The van der Waals surface area contributed by atoms with Crippen molar-refractivity contribution in [2.24, 2.45) is 5.41 Å². The van der Waals surface area contributed by atoms with E-state index in [0.29, 0.717) is 17.9 Å². The van der Waals surface area contributed by atoms with Crippen molar-refractivity contribution in [3.05, 3.63) is 82.5 Å². The van der Waals surface area contributed by atoms with E-state index >= 15 is 0 Å². The summed E-state index contributed by atoms with van der Waals surface area (Å²) < 4.78 is 36.2. The third-order valence-electron chi connectivity index (χ3n) is 6.80. The van der Waals surface area contributed by atoms with Gasteiger partial charge in [0.05, 0.1) is 29.4 Å². The van der Waals surface area contributed by atoms with Crippen molar-refractivity contribution in [2.45, 2.75) is 56.5 Å². The first-order valence-electron chi connectivity index (χ1n) is 12.3. The summed E-state index contributed by atoms with van der Waals surface area (Å²) in [5.74, 6) is -3.08. The van der Waals surface area contributed by atoms with Gasteiger partial charge in [0, 0.05) is 39.4 Å². The second-order valence-electron chi connectivity index (χ2n) is 9.73. The number of allylic oxidation sites excluding steroid dienone is 1. The standard InChI is InChI=1S/C28H29F2N3O2S2/c1-3-20(15-31-26(34)27(2)11-12-27)33(37-22-7-5-4-6-8-22)21-9-10-23(24-14-28(24,29)30)25(13-21)35-16-19-17-36-18-32-19/h3-10,13,17-18,24H,11-12,14-16H2,1-2H3,(H,31,34)/b20-3-. The minimum Gasteiger partial charge on any atom is -0.487 e. The second kappa shape index (κ2) is 10.5. The zero-order valence-corrected chi connectivity index (χ0v) is 22.4. The average Bonchev–Trinajstić information content (AvgIpc) is 3.71. The first kappa shape index (κ1) is 25.7. The van der Waals surface area contributed by atoms with E-state index in [9.17, 15) is 13.6 Å². The summed E-state index contributed by atoms with van der Waals surface area (Å²) in [6.07, 6.45) is 3.59. The van der Waals surface area contributed by atoms with E-state index in [1.807, 2.05) is 72.1 Å². The van der Waals surface area contributed by atoms with Crippen molar-refractivity contribution < 1.29 is 18.3 Å². The van der Waals surface area contributed by atoms with Crippen LogP contribution in [0.2, 0.25) is 0 Å². The molecule has 3 aromatic rings. The van der Waals surface area contributed by atoms with Crippen LogP contribution in [0.25, 0.3) is 0 Å². The number of nitrogens with one attached hydrogen (secondary N) is 1. The molecular weight excluding hydrogens is 512 g/mol. The average molecular weight is 542 g/mol. The van der Waals surface area contributed by atoms with Crippen LogP contribution in [0.15, 0.2) is 76.1 Å². The van der Waals surface area contributed by atoms with E-state index < -0.39 is 11.8 Å². The highest BCUT2D eigenvalue weighted by Gasteiger charge is 2.58. The van der Waals surface area contributed by atoms with Crippen LogP contribution in [0.5, 0.6) is 5.75 Å². The van der Waals surface area contributed by atoms with E-state index in [1.165, 1.54) is 23.3 Å². The Labute approximate surface area is 224 Å². The van der Waals surface area contributed by atoms with Crippen molar-refractivity contribution in [2.75, 3.05) is 10.8 Å². The van der Waals surface area contributed by atoms with Crippen molar-refractivity contribution in [1.82, 2.24) is 10.3 Å². The maximum absolute atomic E-state index is 14.1. The zero-order chi connectivity index (χ0) is 26.0. The van der Waals surface area contributed by atoms with Crippen LogP contribution in [0.4, 0.5) is 14.5 Å². The number of carbonyl (C=O) groups excluding carboxylic acids is 1. The van der Waals surface area contributed by atoms with Crippen molar-refractivity contribution in [1.29, 1.82) is 0 Å². The Bertz CT molecular complexity index is 1280. The highest BCUT2D eigenvalue weighted by atomic mass is 32.2. The summed E-state index contributed by atoms with van der Waals surface area (Å²) in [7, 11) is 0. The monoisotopic (exact) mass is 541 g/mol. The SMILES string of the molecule is C/C=C(/CNC(=O)C1(C)CC1)N(Sc1ccccc1)c1ccc(C2CC2(F)F)c(OCc2cscn2)c1. The summed E-state index contributed by atoms with van der Waals surface area (Å²) in [6, 6.07) is 15.3. The van der Waals surface area contributed by atoms with E-state index in [4.69, 9.17) is 4.74 Å². The highest BCUT2D eigenvalue weighted by molar-refractivity contribution is 8.00. The number of halogens is 2. The first-order chi connectivity index (χ1) is 17.8. The molecule has 0 spiro atoms. The number of amides is 1. The Hall–Kier alpha value is -2.91. The largest absolute Gasteiger partial charge is 0.487 e. The Balaban J connectivity index is 1.45. The Morgan fingerprint density at radius 1 is 1.27 bits per heavy atom. The predicted octanol–water partition coefficient (Wildman–Crippen LogP) is 7.18. The Morgan fingerprint density at radius 2 is 2.03 bits per heavy atom. The third kappa shape index (κ3) is 5.99. The zero-order valence-electron chi connectivity index (χ0n) is 20.7. The lowest BCUT2D eigenvalue weighted by atomic mass is 10.1. The molecule has 37 heavy (non-hydrogen) atoms. The molecule has 5 rings (SSSR count). The van der Waals surface area contributed by atoms with Gasteiger partial charge in [-0.15, -0.1) is 11.3 Å². The molecular formula is C28H29F2N3O2S2. The van der Waals surface area contributed by atoms with Crippen LogP contribution in [-0.4, -0.2) is 23.4 Å². The maximum Gasteiger partial charge on any atom is 0.256 e. The minimum atomic E-state index is -2.71. The fraction of sp³-hybridized carbons (Fsp3) is 0.357. The van der Waals surface area contributed by atoms with Gasteiger partial charge in [-0.2, -0.15) is 0 Å². The summed E-state index contributed by atoms with van der Waals surface area (Å²) in [4.78, 5) is 17.9. The van der Waals surface area contributed by atoms with Gasteiger partial charge in [0.1, 0.15) is 12.4 Å². The van der Waals surface area contributed by atoms with Gasteiger partial charge in [-0.05, 0) is 49.9 Å².